The molecule has 9 heteroatoms. The van der Waals surface area contributed by atoms with E-state index in [1.54, 1.807) is 18.2 Å². The van der Waals surface area contributed by atoms with Crippen molar-refractivity contribution in [1.29, 1.82) is 0 Å². The van der Waals surface area contributed by atoms with E-state index < -0.39 is 6.10 Å². The molecule has 38 heavy (non-hydrogen) atoms. The van der Waals surface area contributed by atoms with E-state index >= 15 is 0 Å². The van der Waals surface area contributed by atoms with Crippen LogP contribution >= 0.6 is 0 Å². The summed E-state index contributed by atoms with van der Waals surface area (Å²) in [4.78, 5) is 4.24. The first-order chi connectivity index (χ1) is 18.6. The van der Waals surface area contributed by atoms with Crippen LogP contribution in [0.25, 0.3) is 11.3 Å². The lowest BCUT2D eigenvalue weighted by Gasteiger charge is -2.30. The zero-order valence-corrected chi connectivity index (χ0v) is 21.9. The molecule has 1 aromatic heterocycles. The number of aliphatic hydroxyl groups is 1. The topological polar surface area (TPSA) is 80.4 Å². The smallest absolute Gasteiger partial charge is 0.232 e. The molecule has 0 spiro atoms. The van der Waals surface area contributed by atoms with Crippen LogP contribution < -0.4 is 9.64 Å². The van der Waals surface area contributed by atoms with E-state index in [9.17, 15) is 9.50 Å². The maximum absolute atomic E-state index is 14.9. The van der Waals surface area contributed by atoms with Gasteiger partial charge in [-0.25, -0.2) is 4.39 Å². The van der Waals surface area contributed by atoms with Crippen LogP contribution in [0.5, 0.6) is 5.75 Å². The summed E-state index contributed by atoms with van der Waals surface area (Å²) >= 11 is 0. The van der Waals surface area contributed by atoms with E-state index in [2.05, 4.69) is 15.0 Å². The monoisotopic (exact) mass is 525 g/mol. The summed E-state index contributed by atoms with van der Waals surface area (Å²) in [7, 11) is 0. The first kappa shape index (κ1) is 26.6. The fraction of sp³-hybridized carbons (Fsp3) is 0.483. The molecule has 3 aromatic rings. The van der Waals surface area contributed by atoms with Gasteiger partial charge in [0.1, 0.15) is 30.0 Å². The van der Waals surface area contributed by atoms with Gasteiger partial charge >= 0.3 is 0 Å². The van der Waals surface area contributed by atoms with Crippen LogP contribution in [0.1, 0.15) is 24.0 Å². The molecule has 1 N–H and O–H groups in total. The number of nitrogens with zero attached hydrogens (tertiary/aromatic N) is 3. The Balaban J connectivity index is 1.39. The maximum Gasteiger partial charge on any atom is 0.232 e. The number of ether oxygens (including phenoxy) is 3. The Morgan fingerprint density at radius 2 is 1.92 bits per heavy atom. The van der Waals surface area contributed by atoms with Crippen molar-refractivity contribution in [1.82, 2.24) is 10.1 Å². The third-order valence-corrected chi connectivity index (χ3v) is 7.06. The van der Waals surface area contributed by atoms with Crippen molar-refractivity contribution in [2.45, 2.75) is 38.5 Å². The number of aromatic nitrogens is 1. The van der Waals surface area contributed by atoms with Crippen molar-refractivity contribution >= 4 is 5.88 Å². The van der Waals surface area contributed by atoms with Gasteiger partial charge in [-0.3, -0.25) is 4.90 Å². The number of aliphatic hydroxyl groups excluding tert-OH is 1. The molecule has 2 atom stereocenters. The highest BCUT2D eigenvalue weighted by atomic mass is 19.1. The summed E-state index contributed by atoms with van der Waals surface area (Å²) in [6, 6.07) is 14.4. The van der Waals surface area contributed by atoms with Crippen molar-refractivity contribution in [3.8, 4) is 17.0 Å². The third-order valence-electron chi connectivity index (χ3n) is 7.06. The summed E-state index contributed by atoms with van der Waals surface area (Å²) in [5.41, 5.74) is 2.69. The largest absolute Gasteiger partial charge is 0.491 e. The first-order valence-corrected chi connectivity index (χ1v) is 13.3. The molecular formula is C29H36FN3O5. The lowest BCUT2D eigenvalue weighted by Crippen LogP contribution is -2.40. The average Bonchev–Trinajstić information content (AvgIpc) is 3.59. The van der Waals surface area contributed by atoms with E-state index in [1.807, 2.05) is 31.2 Å². The highest BCUT2D eigenvalue weighted by Crippen LogP contribution is 2.34. The Bertz CT molecular complexity index is 1180. The SMILES string of the molecule is Cc1ccccc1OC[C@@H](O)CN(Cc1c(-c2ccccc2F)noc1N1CCOCC1)C[C@H]1CCCO1. The van der Waals surface area contributed by atoms with Crippen LogP contribution in [0.3, 0.4) is 0 Å². The Morgan fingerprint density at radius 3 is 2.68 bits per heavy atom. The van der Waals surface area contributed by atoms with Crippen molar-refractivity contribution in [3.63, 3.8) is 0 Å². The van der Waals surface area contributed by atoms with Crippen molar-refractivity contribution in [3.05, 3.63) is 65.5 Å². The third kappa shape index (κ3) is 6.53. The minimum absolute atomic E-state index is 0.0723. The second-order valence-corrected chi connectivity index (χ2v) is 9.95. The summed E-state index contributed by atoms with van der Waals surface area (Å²) in [6.07, 6.45) is 1.32. The highest BCUT2D eigenvalue weighted by Gasteiger charge is 2.29. The van der Waals surface area contributed by atoms with Crippen molar-refractivity contribution < 1.29 is 28.2 Å². The molecule has 0 aliphatic carbocycles. The minimum atomic E-state index is -0.736. The van der Waals surface area contributed by atoms with E-state index in [0.717, 1.165) is 36.3 Å². The molecule has 0 saturated carbocycles. The zero-order chi connectivity index (χ0) is 26.3. The summed E-state index contributed by atoms with van der Waals surface area (Å²) in [5, 5.41) is 15.3. The van der Waals surface area contributed by atoms with Crippen LogP contribution in [-0.2, 0) is 16.0 Å². The second-order valence-electron chi connectivity index (χ2n) is 9.95. The molecule has 0 bridgehead atoms. The first-order valence-electron chi connectivity index (χ1n) is 13.3. The molecule has 2 aliphatic rings. The minimum Gasteiger partial charge on any atom is -0.491 e. The molecule has 2 aliphatic heterocycles. The summed E-state index contributed by atoms with van der Waals surface area (Å²) < 4.78 is 38.1. The van der Waals surface area contributed by atoms with Gasteiger partial charge in [-0.1, -0.05) is 35.5 Å². The quantitative estimate of drug-likeness (QED) is 0.402. The molecule has 0 amide bonds. The Morgan fingerprint density at radius 1 is 1.13 bits per heavy atom. The van der Waals surface area contributed by atoms with Crippen LogP contribution in [0, 0.1) is 12.7 Å². The number of aryl methyl sites for hydroxylation is 1. The molecule has 0 radical (unpaired) electrons. The van der Waals surface area contributed by atoms with Gasteiger partial charge in [-0.15, -0.1) is 0 Å². The van der Waals surface area contributed by atoms with Crippen molar-refractivity contribution in [2.24, 2.45) is 0 Å². The number of halogens is 1. The van der Waals surface area contributed by atoms with E-state index in [1.165, 1.54) is 6.07 Å². The molecule has 5 rings (SSSR count). The molecule has 0 unspecified atom stereocenters. The highest BCUT2D eigenvalue weighted by molar-refractivity contribution is 5.69. The van der Waals surface area contributed by atoms with Gasteiger partial charge in [0.25, 0.3) is 0 Å². The lowest BCUT2D eigenvalue weighted by atomic mass is 10.1. The number of hydrogen-bond acceptors (Lipinski definition) is 8. The lowest BCUT2D eigenvalue weighted by molar-refractivity contribution is 0.0312. The fourth-order valence-corrected chi connectivity index (χ4v) is 5.08. The molecule has 2 aromatic carbocycles. The number of anilines is 1. The number of morpholine rings is 1. The number of hydrogen-bond donors (Lipinski definition) is 1. The predicted molar refractivity (Wildman–Crippen MR) is 142 cm³/mol. The normalized spacial score (nSPS) is 18.7. The molecule has 2 saturated heterocycles. The number of para-hydroxylation sites is 1. The van der Waals surface area contributed by atoms with Gasteiger partial charge in [0.15, 0.2) is 0 Å². The number of benzene rings is 2. The molecule has 8 nitrogen and oxygen atoms in total. The second kappa shape index (κ2) is 12.7. The van der Waals surface area contributed by atoms with Gasteiger partial charge in [0.05, 0.1) is 24.9 Å². The standard InChI is InChI=1S/C29H36FN3O5/c1-21-7-2-5-11-27(21)37-20-22(34)17-32(18-23-8-6-14-36-23)19-25-28(24-9-3-4-10-26(24)30)31-38-29(25)33-12-15-35-16-13-33/h2-5,7,9-11,22-23,34H,6,8,12-20H2,1H3/t22-,23+/m0/s1. The summed E-state index contributed by atoms with van der Waals surface area (Å²) in [6.45, 7) is 6.79. The number of rotatable bonds is 11. The average molecular weight is 526 g/mol. The van der Waals surface area contributed by atoms with Gasteiger partial charge < -0.3 is 28.7 Å². The Labute approximate surface area is 222 Å². The van der Waals surface area contributed by atoms with Gasteiger partial charge in [-0.05, 0) is 43.5 Å². The van der Waals surface area contributed by atoms with Gasteiger partial charge in [0.2, 0.25) is 5.88 Å². The van der Waals surface area contributed by atoms with Gasteiger partial charge in [-0.2, -0.15) is 0 Å². The Kier molecular flexibility index (Phi) is 8.90. The molecule has 204 valence electrons. The summed E-state index contributed by atoms with van der Waals surface area (Å²) in [5.74, 6) is 1.02. The van der Waals surface area contributed by atoms with Crippen LogP contribution in [0.2, 0.25) is 0 Å². The van der Waals surface area contributed by atoms with E-state index in [4.69, 9.17) is 18.7 Å². The van der Waals surface area contributed by atoms with Crippen LogP contribution in [0.4, 0.5) is 10.3 Å². The molecular weight excluding hydrogens is 489 g/mol. The maximum atomic E-state index is 14.9. The molecule has 2 fully saturated rings. The molecule has 3 heterocycles. The Hall–Kier alpha value is -2.98. The van der Waals surface area contributed by atoms with E-state index in [-0.39, 0.29) is 18.5 Å². The van der Waals surface area contributed by atoms with E-state index in [0.29, 0.717) is 63.1 Å². The zero-order valence-electron chi connectivity index (χ0n) is 21.9. The van der Waals surface area contributed by atoms with Crippen LogP contribution in [-0.4, -0.2) is 80.0 Å². The predicted octanol–water partition coefficient (Wildman–Crippen LogP) is 4.05. The van der Waals surface area contributed by atoms with Gasteiger partial charge in [0, 0.05) is 44.9 Å². The van der Waals surface area contributed by atoms with Crippen molar-refractivity contribution in [2.75, 3.05) is 57.5 Å². The fourth-order valence-electron chi connectivity index (χ4n) is 5.08. The van der Waals surface area contributed by atoms with Crippen LogP contribution in [0.15, 0.2) is 53.1 Å².